The molecule has 532 valence electrons. The van der Waals surface area contributed by atoms with E-state index in [-0.39, 0.29) is 68.9 Å². The van der Waals surface area contributed by atoms with Crippen molar-refractivity contribution in [2.24, 2.45) is 0 Å². The van der Waals surface area contributed by atoms with E-state index in [1.165, 1.54) is 13.8 Å². The molecule has 12 rings (SSSR count). The second kappa shape index (κ2) is 33.0. The third-order valence-electron chi connectivity index (χ3n) is 19.3. The van der Waals surface area contributed by atoms with Crippen LogP contribution in [0.25, 0.3) is 87.2 Å². The van der Waals surface area contributed by atoms with Crippen LogP contribution in [-0.4, -0.2) is 138 Å². The molecule has 18 nitrogen and oxygen atoms in total. The molecule has 1 unspecified atom stereocenters. The number of aromatic nitrogens is 4. The summed E-state index contributed by atoms with van der Waals surface area (Å²) < 4.78 is 8.78. The Hall–Kier alpha value is -10.2. The smallest absolute Gasteiger partial charge is 0.163 e. The first-order valence-electron chi connectivity index (χ1n) is 35.2. The molecule has 5 N–H and O–H groups in total. The summed E-state index contributed by atoms with van der Waals surface area (Å²) in [6.07, 6.45) is 1.09. The number of rotatable bonds is 25. The average molecular weight is 1380 g/mol. The van der Waals surface area contributed by atoms with E-state index in [4.69, 9.17) is 0 Å². The summed E-state index contributed by atoms with van der Waals surface area (Å²) in [5.74, 6) is -0.319. The minimum absolute atomic E-state index is 0.0470. The van der Waals surface area contributed by atoms with Gasteiger partial charge < -0.3 is 49.3 Å². The summed E-state index contributed by atoms with van der Waals surface area (Å²) in [7, 11) is 1.93. The average Bonchev–Trinajstić information content (AvgIpc) is 1.61. The highest BCUT2D eigenvalue weighted by atomic mass is 16.3. The second-order valence-corrected chi connectivity index (χ2v) is 26.7. The number of fused-ring (bicyclic) bond motifs is 12. The van der Waals surface area contributed by atoms with Crippen molar-refractivity contribution in [2.75, 3.05) is 46.3 Å². The van der Waals surface area contributed by atoms with Gasteiger partial charge in [0.25, 0.3) is 0 Å². The van der Waals surface area contributed by atoms with Crippen molar-refractivity contribution in [3.05, 3.63) is 178 Å². The number of carbonyl (C=O) groups is 8. The van der Waals surface area contributed by atoms with Crippen LogP contribution in [0, 0.1) is 0 Å². The van der Waals surface area contributed by atoms with Crippen molar-refractivity contribution in [2.45, 2.75) is 142 Å². The Morgan fingerprint density at radius 1 is 0.353 bits per heavy atom. The van der Waals surface area contributed by atoms with Crippen molar-refractivity contribution in [3.8, 4) is 11.5 Å². The molecule has 0 saturated heterocycles. The number of ketones is 8. The Balaban J connectivity index is 0.000000158. The molecule has 1 atom stereocenters. The fourth-order valence-corrected chi connectivity index (χ4v) is 13.4. The van der Waals surface area contributed by atoms with Crippen molar-refractivity contribution in [3.63, 3.8) is 0 Å². The predicted molar refractivity (Wildman–Crippen MR) is 414 cm³/mol. The summed E-state index contributed by atoms with van der Waals surface area (Å²) in [6.45, 7) is 33.7. The topological polar surface area (TPSA) is 236 Å². The van der Waals surface area contributed by atoms with E-state index in [1.807, 2.05) is 121 Å². The number of benzene rings is 8. The van der Waals surface area contributed by atoms with Crippen molar-refractivity contribution < 1.29 is 48.6 Å². The molecule has 4 heterocycles. The Labute approximate surface area is 595 Å². The number of Topliss-reactive ketones (excluding diaryl/α,β-unsaturated/α-hetero) is 8. The monoisotopic (exact) mass is 1380 g/mol. The SMILES string of the molecule is CC(=O)c1cc2c3cc(C(C)=O)c(O)cc3n(CCNC(C)C)c2cc1O.CCC(C)NCCn1c2ccc(C(C)=O)cc2c2cc(C(C)=O)ccc21.CCN(CC)CCn1c2ccc(C(C)=O)cc2c2cc(C(C)=O)ccc21.CNCCn1c2ccc(C(C)=O)cc2c2cc(C(C)=O)ccc21. The molecule has 102 heavy (non-hydrogen) atoms. The minimum atomic E-state index is -0.234. The molecule has 4 aromatic heterocycles. The molecule has 0 spiro atoms. The maximum atomic E-state index is 11.9. The van der Waals surface area contributed by atoms with Gasteiger partial charge >= 0.3 is 0 Å². The molecular formula is C84H96N8O10. The first kappa shape index (κ1) is 76.0. The van der Waals surface area contributed by atoms with E-state index >= 15 is 0 Å². The quantitative estimate of drug-likeness (QED) is 0.0335. The van der Waals surface area contributed by atoms with Crippen molar-refractivity contribution in [1.82, 2.24) is 39.1 Å². The summed E-state index contributed by atoms with van der Waals surface area (Å²) in [5.41, 5.74) is 12.7. The molecule has 0 bridgehead atoms. The van der Waals surface area contributed by atoms with Gasteiger partial charge in [0.1, 0.15) is 11.5 Å². The third kappa shape index (κ3) is 16.5. The lowest BCUT2D eigenvalue weighted by atomic mass is 10.0. The van der Waals surface area contributed by atoms with E-state index in [1.54, 1.807) is 65.8 Å². The van der Waals surface area contributed by atoms with Gasteiger partial charge in [-0.25, -0.2) is 0 Å². The largest absolute Gasteiger partial charge is 0.507 e. The highest BCUT2D eigenvalue weighted by Gasteiger charge is 2.22. The first-order chi connectivity index (χ1) is 48.6. The van der Waals surface area contributed by atoms with Gasteiger partial charge in [-0.1, -0.05) is 34.6 Å². The van der Waals surface area contributed by atoms with Crippen LogP contribution in [0.1, 0.15) is 186 Å². The van der Waals surface area contributed by atoms with Gasteiger partial charge in [0, 0.05) is 186 Å². The number of phenolic OH excluding ortho intramolecular Hbond substituents is 2. The molecule has 0 amide bonds. The zero-order chi connectivity index (χ0) is 74.1. The molecule has 0 aliphatic carbocycles. The molecule has 0 radical (unpaired) electrons. The normalized spacial score (nSPS) is 11.8. The van der Waals surface area contributed by atoms with Crippen LogP contribution >= 0.6 is 0 Å². The maximum Gasteiger partial charge on any atom is 0.163 e. The molecule has 18 heteroatoms. The maximum absolute atomic E-state index is 11.9. The Morgan fingerprint density at radius 2 is 0.618 bits per heavy atom. The van der Waals surface area contributed by atoms with E-state index in [0.29, 0.717) is 58.6 Å². The van der Waals surface area contributed by atoms with E-state index in [9.17, 15) is 48.6 Å². The lowest BCUT2D eigenvalue weighted by molar-refractivity contribution is 0.100. The number of carbonyl (C=O) groups excluding carboxylic acids is 8. The predicted octanol–water partition coefficient (Wildman–Crippen LogP) is 16.2. The van der Waals surface area contributed by atoms with Crippen LogP contribution in [0.15, 0.2) is 133 Å². The summed E-state index contributed by atoms with van der Waals surface area (Å²) in [5, 5.41) is 38.3. The van der Waals surface area contributed by atoms with Crippen LogP contribution < -0.4 is 16.0 Å². The number of nitrogens with zero attached hydrogens (tertiary/aromatic N) is 5. The summed E-state index contributed by atoms with van der Waals surface area (Å²) in [6, 6.07) is 42.3. The van der Waals surface area contributed by atoms with E-state index in [2.05, 4.69) is 76.1 Å². The Bertz CT molecular complexity index is 4960. The Morgan fingerprint density at radius 3 is 0.873 bits per heavy atom. The van der Waals surface area contributed by atoms with Gasteiger partial charge in [0.2, 0.25) is 0 Å². The van der Waals surface area contributed by atoms with Gasteiger partial charge in [-0.3, -0.25) is 38.4 Å². The zero-order valence-electron chi connectivity index (χ0n) is 61.5. The van der Waals surface area contributed by atoms with Crippen LogP contribution in [0.3, 0.4) is 0 Å². The summed E-state index contributed by atoms with van der Waals surface area (Å²) in [4.78, 5) is 96.8. The van der Waals surface area contributed by atoms with Gasteiger partial charge in [-0.15, -0.1) is 0 Å². The number of likely N-dealkylation sites (N-methyl/N-ethyl adjacent to an activating group) is 2. The lowest BCUT2D eigenvalue weighted by Gasteiger charge is -2.19. The zero-order valence-corrected chi connectivity index (χ0v) is 61.5. The van der Waals surface area contributed by atoms with Crippen LogP contribution in [-0.2, 0) is 26.2 Å². The lowest BCUT2D eigenvalue weighted by Crippen LogP contribution is -2.28. The molecule has 8 aromatic carbocycles. The van der Waals surface area contributed by atoms with Gasteiger partial charge in [-0.05, 0) is 210 Å². The second-order valence-electron chi connectivity index (χ2n) is 26.7. The van der Waals surface area contributed by atoms with Crippen LogP contribution in [0.2, 0.25) is 0 Å². The van der Waals surface area contributed by atoms with Gasteiger partial charge in [-0.2, -0.15) is 0 Å². The standard InChI is InChI=1S/2C22H26N2O2.C21H24N2O4.C19H20N2O2/c1-5-14(2)23-10-11-24-21-8-6-17(15(3)25)12-19(21)20-13-18(16(4)26)7-9-22(20)24;1-5-23(6-2)11-12-24-21-9-7-17(15(3)25)13-19(21)20-14-18(16(4)26)8-10-22(20)24;1-11(2)22-5-6-23-18-9-20(26)14(12(3)24)7-16(18)17-8-15(13(4)25)21(27)10-19(17)23;1-12(22)14-4-6-18-16(10-14)17-11-15(13(2)23)5-7-19(17)21(18)9-8-20-3/h6-9,12-14,23H,5,10-11H2,1-4H3;7-10,13-14H,5-6,11-12H2,1-4H3;7-11,22,26-27H,5-6H2,1-4H3;4-7,10-11,20H,8-9H2,1-3H3. The fraction of sp³-hybridized carbons (Fsp3) is 0.333. The molecular weight excluding hydrogens is 1280 g/mol. The molecule has 0 fully saturated rings. The number of aromatic hydroxyl groups is 2. The first-order valence-corrected chi connectivity index (χ1v) is 35.2. The third-order valence-corrected chi connectivity index (χ3v) is 19.3. The van der Waals surface area contributed by atoms with Crippen molar-refractivity contribution >= 4 is 133 Å². The van der Waals surface area contributed by atoms with Gasteiger partial charge in [0.15, 0.2) is 46.3 Å². The van der Waals surface area contributed by atoms with E-state index in [0.717, 1.165) is 146 Å². The Kier molecular flexibility index (Phi) is 24.6. The van der Waals surface area contributed by atoms with E-state index < -0.39 is 0 Å². The molecule has 0 aliphatic heterocycles. The highest BCUT2D eigenvalue weighted by Crippen LogP contribution is 2.39. The highest BCUT2D eigenvalue weighted by molar-refractivity contribution is 6.17. The number of hydrogen-bond acceptors (Lipinski definition) is 14. The van der Waals surface area contributed by atoms with Crippen LogP contribution in [0.5, 0.6) is 11.5 Å². The number of phenols is 2. The molecule has 0 saturated carbocycles. The molecule has 0 aliphatic rings. The number of nitrogens with one attached hydrogen (secondary N) is 3. The minimum Gasteiger partial charge on any atom is -0.507 e. The van der Waals surface area contributed by atoms with Gasteiger partial charge in [0.05, 0.1) is 22.2 Å². The summed E-state index contributed by atoms with van der Waals surface area (Å²) >= 11 is 0. The van der Waals surface area contributed by atoms with Crippen LogP contribution in [0.4, 0.5) is 0 Å². The van der Waals surface area contributed by atoms with Crippen molar-refractivity contribution in [1.29, 1.82) is 0 Å². The molecule has 12 aromatic rings. The fourth-order valence-electron chi connectivity index (χ4n) is 13.4. The number of hydrogen-bond donors (Lipinski definition) is 5.